The van der Waals surface area contributed by atoms with E-state index in [1.165, 1.54) is 58.4 Å². The fourth-order valence-electron chi connectivity index (χ4n) is 4.56. The lowest BCUT2D eigenvalue weighted by molar-refractivity contribution is 0.0735. The third-order valence-corrected chi connectivity index (χ3v) is 8.47. The van der Waals surface area contributed by atoms with Crippen LogP contribution in [0.4, 0.5) is 0 Å². The van der Waals surface area contributed by atoms with E-state index in [0.29, 0.717) is 24.2 Å². The van der Waals surface area contributed by atoms with Gasteiger partial charge in [-0.2, -0.15) is 4.31 Å². The molecule has 3 fully saturated rings. The van der Waals surface area contributed by atoms with Crippen LogP contribution in [0.1, 0.15) is 75.2 Å². The highest BCUT2D eigenvalue weighted by molar-refractivity contribution is 7.88. The summed E-state index contributed by atoms with van der Waals surface area (Å²) in [7, 11) is -0.794. The first-order chi connectivity index (χ1) is 15.3. The van der Waals surface area contributed by atoms with E-state index in [1.54, 1.807) is 4.31 Å². The minimum atomic E-state index is -2.99. The van der Waals surface area contributed by atoms with Crippen LogP contribution in [0.15, 0.2) is 0 Å². The molecule has 0 atom stereocenters. The van der Waals surface area contributed by atoms with Crippen molar-refractivity contribution in [2.45, 2.75) is 91.8 Å². The van der Waals surface area contributed by atoms with E-state index in [-0.39, 0.29) is 5.54 Å². The average molecular weight is 504 g/mol. The fourth-order valence-corrected chi connectivity index (χ4v) is 5.38. The predicted octanol–water partition coefficient (Wildman–Crippen LogP) is 3.28. The monoisotopic (exact) mass is 503 g/mol. The number of hydrogen-bond acceptors (Lipinski definition) is 6. The van der Waals surface area contributed by atoms with Crippen molar-refractivity contribution in [1.29, 1.82) is 0 Å². The molecule has 0 unspecified atom stereocenters. The second kappa shape index (κ2) is 12.8. The van der Waals surface area contributed by atoms with Gasteiger partial charge < -0.3 is 4.90 Å². The Bertz CT molecular complexity index is 669. The Morgan fingerprint density at radius 2 is 0.794 bits per heavy atom. The molecule has 204 valence electrons. The van der Waals surface area contributed by atoms with Crippen molar-refractivity contribution >= 4 is 10.0 Å². The van der Waals surface area contributed by atoms with Gasteiger partial charge in [-0.25, -0.2) is 8.42 Å². The van der Waals surface area contributed by atoms with Gasteiger partial charge in [0.05, 0.1) is 6.26 Å². The Kier molecular flexibility index (Phi) is 12.0. The molecule has 7 nitrogen and oxygen atoms in total. The van der Waals surface area contributed by atoms with Crippen LogP contribution in [-0.2, 0) is 10.0 Å². The van der Waals surface area contributed by atoms with Gasteiger partial charge in [0.25, 0.3) is 0 Å². The largest absolute Gasteiger partial charge is 0.304 e. The van der Waals surface area contributed by atoms with Crippen LogP contribution in [0.3, 0.4) is 0 Å². The predicted molar refractivity (Wildman–Crippen MR) is 147 cm³/mol. The van der Waals surface area contributed by atoms with E-state index in [4.69, 9.17) is 0 Å². The summed E-state index contributed by atoms with van der Waals surface area (Å²) in [5, 5.41) is 0. The number of hydrogen-bond donors (Lipinski definition) is 0. The van der Waals surface area contributed by atoms with Crippen molar-refractivity contribution in [3.8, 4) is 0 Å². The minimum Gasteiger partial charge on any atom is -0.304 e. The quantitative estimate of drug-likeness (QED) is 0.547. The molecular formula is C26H57N5O2S. The Hall–Kier alpha value is -0.250. The standard InChI is InChI=1S/C9H20N2O2S.C9H20N2.C8H17N/c1-9(2,3)10-5-7-11(8-6-10)14(4,12)13;1-9(2,3)11-7-5-10(4)6-8-11;1-8(2,3)9-6-4-5-7-9/h5-8H2,1-4H3;5-8H2,1-4H3;4-7H2,1-3H3. The Morgan fingerprint density at radius 1 is 0.500 bits per heavy atom. The summed E-state index contributed by atoms with van der Waals surface area (Å²) in [6.45, 7) is 30.6. The first kappa shape index (κ1) is 31.8. The minimum absolute atomic E-state index is 0.142. The molecule has 0 bridgehead atoms. The van der Waals surface area contributed by atoms with Crippen LogP contribution in [0, 0.1) is 0 Å². The van der Waals surface area contributed by atoms with Gasteiger partial charge in [-0.3, -0.25) is 14.7 Å². The molecular weight excluding hydrogens is 446 g/mol. The van der Waals surface area contributed by atoms with E-state index in [2.05, 4.69) is 89.0 Å². The lowest BCUT2D eigenvalue weighted by atomic mass is 10.1. The summed E-state index contributed by atoms with van der Waals surface area (Å²) < 4.78 is 24.1. The van der Waals surface area contributed by atoms with Gasteiger partial charge in [0, 0.05) is 69.0 Å². The van der Waals surface area contributed by atoms with Gasteiger partial charge in [-0.05, 0) is 95.3 Å². The average Bonchev–Trinajstić information content (AvgIpc) is 3.23. The molecule has 0 amide bonds. The molecule has 3 heterocycles. The van der Waals surface area contributed by atoms with E-state index in [0.717, 1.165) is 13.1 Å². The van der Waals surface area contributed by atoms with Gasteiger partial charge in [-0.15, -0.1) is 0 Å². The topological polar surface area (TPSA) is 50.3 Å². The Labute approximate surface area is 212 Å². The molecule has 0 aromatic carbocycles. The summed E-state index contributed by atoms with van der Waals surface area (Å²) in [5.41, 5.74) is 0.918. The lowest BCUT2D eigenvalue weighted by Gasteiger charge is -2.41. The van der Waals surface area contributed by atoms with Gasteiger partial charge in [0.15, 0.2) is 0 Å². The highest BCUT2D eigenvalue weighted by Crippen LogP contribution is 2.19. The number of nitrogens with zero attached hydrogens (tertiary/aromatic N) is 5. The van der Waals surface area contributed by atoms with Crippen molar-refractivity contribution in [2.24, 2.45) is 0 Å². The van der Waals surface area contributed by atoms with Crippen LogP contribution in [0.2, 0.25) is 0 Å². The SMILES string of the molecule is CC(C)(C)N1CCCC1.CC(C)(C)N1CCN(S(C)(=O)=O)CC1.CN1CCN(C(C)(C)C)CC1. The molecule has 0 N–H and O–H groups in total. The zero-order valence-corrected chi connectivity index (χ0v) is 25.3. The molecule has 3 rings (SSSR count). The van der Waals surface area contributed by atoms with E-state index in [1.807, 2.05) is 0 Å². The van der Waals surface area contributed by atoms with Gasteiger partial charge in [0.1, 0.15) is 0 Å². The van der Waals surface area contributed by atoms with Gasteiger partial charge in [0.2, 0.25) is 10.0 Å². The van der Waals surface area contributed by atoms with Crippen molar-refractivity contribution in [2.75, 3.05) is 78.8 Å². The van der Waals surface area contributed by atoms with E-state index in [9.17, 15) is 8.42 Å². The second-order valence-electron chi connectivity index (χ2n) is 13.1. The zero-order chi connectivity index (χ0) is 26.4. The van der Waals surface area contributed by atoms with Crippen molar-refractivity contribution in [3.05, 3.63) is 0 Å². The number of rotatable bonds is 1. The molecule has 0 aromatic heterocycles. The van der Waals surface area contributed by atoms with Gasteiger partial charge in [-0.1, -0.05) is 0 Å². The number of likely N-dealkylation sites (tertiary alicyclic amines) is 1. The molecule has 0 aromatic rings. The van der Waals surface area contributed by atoms with Crippen LogP contribution in [-0.4, -0.2) is 128 Å². The molecule has 3 saturated heterocycles. The highest BCUT2D eigenvalue weighted by atomic mass is 32.2. The summed E-state index contributed by atoms with van der Waals surface area (Å²) >= 11 is 0. The highest BCUT2D eigenvalue weighted by Gasteiger charge is 2.29. The van der Waals surface area contributed by atoms with E-state index < -0.39 is 10.0 Å². The van der Waals surface area contributed by atoms with Gasteiger partial charge >= 0.3 is 0 Å². The molecule has 3 aliphatic heterocycles. The molecule has 0 saturated carbocycles. The Balaban J connectivity index is 0.000000262. The van der Waals surface area contributed by atoms with Crippen LogP contribution in [0.5, 0.6) is 0 Å². The molecule has 0 spiro atoms. The molecule has 8 heteroatoms. The van der Waals surface area contributed by atoms with Crippen molar-refractivity contribution in [1.82, 2.24) is 23.9 Å². The number of piperazine rings is 2. The zero-order valence-electron chi connectivity index (χ0n) is 24.4. The maximum atomic E-state index is 11.3. The normalized spacial score (nSPS) is 23.1. The number of likely N-dealkylation sites (N-methyl/N-ethyl adjacent to an activating group) is 1. The summed E-state index contributed by atoms with van der Waals surface area (Å²) in [5.74, 6) is 0. The fraction of sp³-hybridized carbons (Fsp3) is 1.00. The maximum Gasteiger partial charge on any atom is 0.211 e. The summed E-state index contributed by atoms with van der Waals surface area (Å²) in [6, 6.07) is 0. The maximum absolute atomic E-state index is 11.3. The first-order valence-electron chi connectivity index (χ1n) is 13.2. The van der Waals surface area contributed by atoms with Crippen LogP contribution in [0.25, 0.3) is 0 Å². The summed E-state index contributed by atoms with van der Waals surface area (Å²) in [6.07, 6.45) is 4.08. The molecule has 3 aliphatic rings. The van der Waals surface area contributed by atoms with Crippen molar-refractivity contribution in [3.63, 3.8) is 0 Å². The van der Waals surface area contributed by atoms with Crippen LogP contribution >= 0.6 is 0 Å². The molecule has 0 aliphatic carbocycles. The summed E-state index contributed by atoms with van der Waals surface area (Å²) in [4.78, 5) is 9.80. The smallest absolute Gasteiger partial charge is 0.211 e. The second-order valence-corrected chi connectivity index (χ2v) is 15.1. The first-order valence-corrected chi connectivity index (χ1v) is 15.1. The number of sulfonamides is 1. The van der Waals surface area contributed by atoms with Crippen LogP contribution < -0.4 is 0 Å². The third-order valence-electron chi connectivity index (χ3n) is 7.16. The van der Waals surface area contributed by atoms with Crippen molar-refractivity contribution < 1.29 is 8.42 Å². The molecule has 34 heavy (non-hydrogen) atoms. The third kappa shape index (κ3) is 11.7. The molecule has 0 radical (unpaired) electrons. The Morgan fingerprint density at radius 3 is 1.06 bits per heavy atom. The van der Waals surface area contributed by atoms with E-state index >= 15 is 0 Å². The lowest BCUT2D eigenvalue weighted by Crippen LogP contribution is -2.54.